The van der Waals surface area contributed by atoms with Gasteiger partial charge in [0.25, 0.3) is 5.92 Å². The minimum atomic E-state index is -3.23. The molecule has 1 N–H and O–H groups in total. The summed E-state index contributed by atoms with van der Waals surface area (Å²) in [5, 5.41) is 8.32. The minimum absolute atomic E-state index is 0.0326. The number of hydrogen-bond acceptors (Lipinski definition) is 3. The number of aliphatic hydroxyl groups is 1. The van der Waals surface area contributed by atoms with Crippen LogP contribution in [0.15, 0.2) is 42.5 Å². The number of hydrogen-bond donors (Lipinski definition) is 1. The zero-order chi connectivity index (χ0) is 14.1. The Labute approximate surface area is 110 Å². The Kier molecular flexibility index (Phi) is 6.15. The van der Waals surface area contributed by atoms with Crippen LogP contribution in [0.1, 0.15) is 18.4 Å². The van der Waals surface area contributed by atoms with Crippen LogP contribution in [0, 0.1) is 0 Å². The summed E-state index contributed by atoms with van der Waals surface area (Å²) in [6.45, 7) is -1.06. The molecule has 0 aromatic heterocycles. The van der Waals surface area contributed by atoms with Crippen LogP contribution in [-0.4, -0.2) is 23.6 Å². The van der Waals surface area contributed by atoms with Crippen molar-refractivity contribution in [3.05, 3.63) is 48.0 Å². The summed E-state index contributed by atoms with van der Waals surface area (Å²) in [7, 11) is 0. The van der Waals surface area contributed by atoms with Gasteiger partial charge in [0.2, 0.25) is 0 Å². The van der Waals surface area contributed by atoms with Crippen LogP contribution in [-0.2, 0) is 16.1 Å². The lowest BCUT2D eigenvalue weighted by atomic mass is 10.2. The molecule has 0 aliphatic carbocycles. The maximum absolute atomic E-state index is 12.6. The zero-order valence-electron chi connectivity index (χ0n) is 10.4. The van der Waals surface area contributed by atoms with E-state index in [2.05, 4.69) is 0 Å². The molecular weight excluding hydrogens is 254 g/mol. The van der Waals surface area contributed by atoms with Gasteiger partial charge in [-0.1, -0.05) is 36.4 Å². The highest BCUT2D eigenvalue weighted by Crippen LogP contribution is 2.14. The first-order valence-corrected chi connectivity index (χ1v) is 5.89. The summed E-state index contributed by atoms with van der Waals surface area (Å²) in [5.41, 5.74) is 0.873. The van der Waals surface area contributed by atoms with Gasteiger partial charge in [0, 0.05) is 6.42 Å². The molecule has 0 atom stereocenters. The number of carbonyl (C=O) groups is 1. The zero-order valence-corrected chi connectivity index (χ0v) is 10.4. The van der Waals surface area contributed by atoms with Gasteiger partial charge in [-0.05, 0) is 18.1 Å². The van der Waals surface area contributed by atoms with Crippen molar-refractivity contribution < 1.29 is 23.4 Å². The fourth-order valence-corrected chi connectivity index (χ4v) is 1.32. The van der Waals surface area contributed by atoms with E-state index in [1.807, 2.05) is 30.3 Å². The molecule has 0 heterocycles. The van der Waals surface area contributed by atoms with Crippen molar-refractivity contribution in [2.45, 2.75) is 25.4 Å². The smallest absolute Gasteiger partial charge is 0.306 e. The Morgan fingerprint density at radius 3 is 2.63 bits per heavy atom. The first-order chi connectivity index (χ1) is 9.03. The summed E-state index contributed by atoms with van der Waals surface area (Å²) < 4.78 is 30.2. The molecular formula is C14H16F2O3. The number of esters is 1. The molecule has 0 aliphatic rings. The Bertz CT molecular complexity index is 416. The monoisotopic (exact) mass is 270 g/mol. The second-order valence-electron chi connectivity index (χ2n) is 4.01. The molecule has 1 aromatic rings. The van der Waals surface area contributed by atoms with E-state index < -0.39 is 18.5 Å². The van der Waals surface area contributed by atoms with E-state index in [-0.39, 0.29) is 19.4 Å². The number of aliphatic hydroxyl groups excluding tert-OH is 1. The van der Waals surface area contributed by atoms with E-state index in [0.29, 0.717) is 6.08 Å². The van der Waals surface area contributed by atoms with E-state index in [1.54, 1.807) is 0 Å². The Balaban J connectivity index is 2.22. The second-order valence-corrected chi connectivity index (χ2v) is 4.01. The van der Waals surface area contributed by atoms with E-state index in [4.69, 9.17) is 9.84 Å². The van der Waals surface area contributed by atoms with Gasteiger partial charge in [-0.3, -0.25) is 4.79 Å². The molecule has 0 radical (unpaired) electrons. The number of alkyl halides is 2. The number of rotatable bonds is 7. The lowest BCUT2D eigenvalue weighted by molar-refractivity contribution is -0.144. The van der Waals surface area contributed by atoms with Gasteiger partial charge < -0.3 is 9.84 Å². The molecule has 0 spiro atoms. The van der Waals surface area contributed by atoms with E-state index in [0.717, 1.165) is 5.56 Å². The Hall–Kier alpha value is -1.75. The number of halogens is 2. The third-order valence-electron chi connectivity index (χ3n) is 2.33. The SMILES string of the molecule is O=C(CC/C=C/C(F)(F)CO)OCc1ccccc1. The maximum atomic E-state index is 12.6. The van der Waals surface area contributed by atoms with Gasteiger partial charge in [0.15, 0.2) is 0 Å². The van der Waals surface area contributed by atoms with Gasteiger partial charge in [0.1, 0.15) is 13.2 Å². The minimum Gasteiger partial charge on any atom is -0.461 e. The van der Waals surface area contributed by atoms with Crippen molar-refractivity contribution in [3.8, 4) is 0 Å². The molecule has 104 valence electrons. The van der Waals surface area contributed by atoms with Gasteiger partial charge in [-0.25, -0.2) is 0 Å². The molecule has 1 aromatic carbocycles. The number of carbonyl (C=O) groups excluding carboxylic acids is 1. The molecule has 1 rings (SSSR count). The summed E-state index contributed by atoms with van der Waals surface area (Å²) >= 11 is 0. The third-order valence-corrected chi connectivity index (χ3v) is 2.33. The van der Waals surface area contributed by atoms with Crippen molar-refractivity contribution in [1.82, 2.24) is 0 Å². The van der Waals surface area contributed by atoms with Crippen LogP contribution in [0.5, 0.6) is 0 Å². The lowest BCUT2D eigenvalue weighted by Crippen LogP contribution is -2.17. The predicted molar refractivity (Wildman–Crippen MR) is 66.6 cm³/mol. The van der Waals surface area contributed by atoms with E-state index in [9.17, 15) is 13.6 Å². The largest absolute Gasteiger partial charge is 0.461 e. The summed E-state index contributed by atoms with van der Waals surface area (Å²) in [6, 6.07) is 9.19. The topological polar surface area (TPSA) is 46.5 Å². The average Bonchev–Trinajstić information content (AvgIpc) is 2.42. The van der Waals surface area contributed by atoms with Gasteiger partial charge in [-0.15, -0.1) is 0 Å². The fourth-order valence-electron chi connectivity index (χ4n) is 1.32. The highest BCUT2D eigenvalue weighted by atomic mass is 19.3. The first kappa shape index (κ1) is 15.3. The predicted octanol–water partition coefficient (Wildman–Crippen LogP) is 2.69. The van der Waals surface area contributed by atoms with Gasteiger partial charge in [0.05, 0.1) is 0 Å². The molecule has 3 nitrogen and oxygen atoms in total. The molecule has 5 heteroatoms. The van der Waals surface area contributed by atoms with Crippen LogP contribution in [0.2, 0.25) is 0 Å². The van der Waals surface area contributed by atoms with Crippen molar-refractivity contribution in [1.29, 1.82) is 0 Å². The maximum Gasteiger partial charge on any atom is 0.306 e. The van der Waals surface area contributed by atoms with E-state index in [1.165, 1.54) is 6.08 Å². The van der Waals surface area contributed by atoms with Crippen LogP contribution >= 0.6 is 0 Å². The van der Waals surface area contributed by atoms with Crippen LogP contribution in [0.25, 0.3) is 0 Å². The Morgan fingerprint density at radius 2 is 2.00 bits per heavy atom. The normalized spacial score (nSPS) is 11.7. The summed E-state index contributed by atoms with van der Waals surface area (Å²) in [4.78, 5) is 11.3. The molecule has 0 saturated carbocycles. The van der Waals surface area contributed by atoms with E-state index >= 15 is 0 Å². The number of benzene rings is 1. The van der Waals surface area contributed by atoms with Crippen LogP contribution < -0.4 is 0 Å². The van der Waals surface area contributed by atoms with Crippen LogP contribution in [0.3, 0.4) is 0 Å². The quantitative estimate of drug-likeness (QED) is 0.612. The highest BCUT2D eigenvalue weighted by molar-refractivity contribution is 5.69. The van der Waals surface area contributed by atoms with Crippen molar-refractivity contribution in [2.75, 3.05) is 6.61 Å². The molecule has 0 bridgehead atoms. The summed E-state index contributed by atoms with van der Waals surface area (Å²) in [6.07, 6.45) is 1.95. The van der Waals surface area contributed by atoms with Crippen molar-refractivity contribution in [2.24, 2.45) is 0 Å². The molecule has 19 heavy (non-hydrogen) atoms. The number of allylic oxidation sites excluding steroid dienone is 1. The average molecular weight is 270 g/mol. The van der Waals surface area contributed by atoms with Crippen LogP contribution in [0.4, 0.5) is 8.78 Å². The third kappa shape index (κ3) is 6.67. The Morgan fingerprint density at radius 1 is 1.32 bits per heavy atom. The fraction of sp³-hybridized carbons (Fsp3) is 0.357. The second kappa shape index (κ2) is 7.63. The molecule has 0 aliphatic heterocycles. The number of ether oxygens (including phenoxy) is 1. The molecule has 0 saturated heterocycles. The molecule has 0 unspecified atom stereocenters. The first-order valence-electron chi connectivity index (χ1n) is 5.89. The van der Waals surface area contributed by atoms with Crippen molar-refractivity contribution in [3.63, 3.8) is 0 Å². The highest BCUT2D eigenvalue weighted by Gasteiger charge is 2.22. The van der Waals surface area contributed by atoms with Gasteiger partial charge in [-0.2, -0.15) is 8.78 Å². The van der Waals surface area contributed by atoms with Gasteiger partial charge >= 0.3 is 5.97 Å². The van der Waals surface area contributed by atoms with Crippen molar-refractivity contribution >= 4 is 5.97 Å². The lowest BCUT2D eigenvalue weighted by Gasteiger charge is -2.06. The summed E-state index contributed by atoms with van der Waals surface area (Å²) in [5.74, 6) is -3.67. The molecule has 0 fully saturated rings. The standard InChI is InChI=1S/C14H16F2O3/c15-14(16,11-17)9-5-4-8-13(18)19-10-12-6-2-1-3-7-12/h1-3,5-7,9,17H,4,8,10-11H2/b9-5+. The molecule has 0 amide bonds.